The third-order valence-electron chi connectivity index (χ3n) is 2.06. The Balaban J connectivity index is 2.39. The van der Waals surface area contributed by atoms with Gasteiger partial charge in [-0.05, 0) is 12.8 Å². The van der Waals surface area contributed by atoms with Gasteiger partial charge in [0.1, 0.15) is 0 Å². The average molecular weight is 156 g/mol. The number of carbonyl (C=O) groups is 1. The molecule has 63 valence electrons. The van der Waals surface area contributed by atoms with Gasteiger partial charge in [-0.2, -0.15) is 0 Å². The fraction of sp³-hybridized carbons (Fsp3) is 0.750. The highest BCUT2D eigenvalue weighted by Crippen LogP contribution is 2.11. The Morgan fingerprint density at radius 1 is 1.73 bits per heavy atom. The average Bonchev–Trinajstić information content (AvgIpc) is 2.05. The second kappa shape index (κ2) is 3.72. The summed E-state index contributed by atoms with van der Waals surface area (Å²) in [6, 6.07) is 0. The normalized spacial score (nSPS) is 25.3. The molecular weight excluding hydrogens is 142 g/mol. The van der Waals surface area contributed by atoms with Crippen LogP contribution in [0.1, 0.15) is 12.8 Å². The highest BCUT2D eigenvalue weighted by Gasteiger charge is 2.20. The molecule has 1 rings (SSSR count). The zero-order valence-corrected chi connectivity index (χ0v) is 6.88. The largest absolute Gasteiger partial charge is 0.380 e. The van der Waals surface area contributed by atoms with Gasteiger partial charge in [-0.1, -0.05) is 0 Å². The van der Waals surface area contributed by atoms with Gasteiger partial charge in [-0.3, -0.25) is 4.79 Å². The summed E-state index contributed by atoms with van der Waals surface area (Å²) in [7, 11) is 1.68. The minimum absolute atomic E-state index is 0.0910. The number of piperidine rings is 1. The zero-order valence-electron chi connectivity index (χ0n) is 6.88. The van der Waals surface area contributed by atoms with Crippen LogP contribution in [0.4, 0.5) is 0 Å². The van der Waals surface area contributed by atoms with Crippen LogP contribution >= 0.6 is 0 Å². The summed E-state index contributed by atoms with van der Waals surface area (Å²) in [5, 5.41) is 0. The molecule has 0 saturated carbocycles. The first-order valence-corrected chi connectivity index (χ1v) is 3.87. The van der Waals surface area contributed by atoms with E-state index in [-0.39, 0.29) is 12.0 Å². The van der Waals surface area contributed by atoms with Gasteiger partial charge in [0.05, 0.1) is 6.10 Å². The van der Waals surface area contributed by atoms with E-state index in [2.05, 4.69) is 6.92 Å². The van der Waals surface area contributed by atoms with Crippen molar-refractivity contribution in [2.24, 2.45) is 0 Å². The molecule has 0 bridgehead atoms. The monoisotopic (exact) mass is 156 g/mol. The molecule has 0 spiro atoms. The smallest absolute Gasteiger partial charge is 0.223 e. The number of hydrogen-bond donors (Lipinski definition) is 0. The lowest BCUT2D eigenvalue weighted by Crippen LogP contribution is -2.41. The first-order chi connectivity index (χ1) is 5.24. The van der Waals surface area contributed by atoms with Gasteiger partial charge in [0.15, 0.2) is 0 Å². The van der Waals surface area contributed by atoms with Crippen molar-refractivity contribution in [3.63, 3.8) is 0 Å². The molecule has 1 aliphatic heterocycles. The summed E-state index contributed by atoms with van der Waals surface area (Å²) < 4.78 is 5.15. The van der Waals surface area contributed by atoms with Crippen LogP contribution in [0.25, 0.3) is 0 Å². The number of amides is 1. The molecule has 1 aliphatic rings. The maximum Gasteiger partial charge on any atom is 0.223 e. The fourth-order valence-corrected chi connectivity index (χ4v) is 1.36. The topological polar surface area (TPSA) is 29.5 Å². The number of hydrogen-bond acceptors (Lipinski definition) is 2. The standard InChI is InChI=1S/C8H14NO2/c1-7(10)9-5-3-4-8(6-9)11-2/h8H,1,3-6H2,2H3. The zero-order chi connectivity index (χ0) is 8.27. The lowest BCUT2D eigenvalue weighted by molar-refractivity contribution is -0.129. The van der Waals surface area contributed by atoms with Crippen molar-refractivity contribution in [3.05, 3.63) is 6.92 Å². The quantitative estimate of drug-likeness (QED) is 0.552. The molecule has 0 aromatic carbocycles. The maximum atomic E-state index is 10.8. The summed E-state index contributed by atoms with van der Waals surface area (Å²) in [5.74, 6) is -0.0910. The molecule has 1 saturated heterocycles. The molecule has 0 N–H and O–H groups in total. The molecule has 1 radical (unpaired) electrons. The van der Waals surface area contributed by atoms with Gasteiger partial charge in [0, 0.05) is 27.1 Å². The SMILES string of the molecule is [CH2]C(=O)N1CCCC(OC)C1. The van der Waals surface area contributed by atoms with Gasteiger partial charge in [0.25, 0.3) is 0 Å². The van der Waals surface area contributed by atoms with E-state index in [4.69, 9.17) is 4.74 Å². The molecule has 1 unspecified atom stereocenters. The van der Waals surface area contributed by atoms with Crippen molar-refractivity contribution >= 4 is 5.91 Å². The summed E-state index contributed by atoms with van der Waals surface area (Å²) in [5.41, 5.74) is 0. The summed E-state index contributed by atoms with van der Waals surface area (Å²) in [6.45, 7) is 4.91. The van der Waals surface area contributed by atoms with Crippen molar-refractivity contribution in [3.8, 4) is 0 Å². The van der Waals surface area contributed by atoms with Crippen molar-refractivity contribution in [1.29, 1.82) is 0 Å². The Hall–Kier alpha value is -0.570. The molecule has 3 nitrogen and oxygen atoms in total. The highest BCUT2D eigenvalue weighted by molar-refractivity contribution is 5.80. The highest BCUT2D eigenvalue weighted by atomic mass is 16.5. The third kappa shape index (κ3) is 2.19. The van der Waals surface area contributed by atoms with Crippen LogP contribution in [0.3, 0.4) is 0 Å². The number of ether oxygens (including phenoxy) is 1. The molecule has 0 aromatic rings. The molecule has 1 heterocycles. The van der Waals surface area contributed by atoms with Crippen molar-refractivity contribution < 1.29 is 9.53 Å². The van der Waals surface area contributed by atoms with E-state index in [1.54, 1.807) is 12.0 Å². The van der Waals surface area contributed by atoms with Crippen LogP contribution in [0.5, 0.6) is 0 Å². The van der Waals surface area contributed by atoms with Gasteiger partial charge in [0.2, 0.25) is 5.91 Å². The molecule has 1 fully saturated rings. The van der Waals surface area contributed by atoms with E-state index >= 15 is 0 Å². The number of carbonyl (C=O) groups excluding carboxylic acids is 1. The van der Waals surface area contributed by atoms with Crippen molar-refractivity contribution in [2.75, 3.05) is 20.2 Å². The molecule has 11 heavy (non-hydrogen) atoms. The maximum absolute atomic E-state index is 10.8. The second-order valence-corrected chi connectivity index (χ2v) is 2.84. The molecule has 3 heteroatoms. The summed E-state index contributed by atoms with van der Waals surface area (Å²) >= 11 is 0. The van der Waals surface area contributed by atoms with E-state index in [0.29, 0.717) is 6.54 Å². The van der Waals surface area contributed by atoms with Gasteiger partial charge in [-0.25, -0.2) is 0 Å². The van der Waals surface area contributed by atoms with Crippen molar-refractivity contribution in [2.45, 2.75) is 18.9 Å². The fourth-order valence-electron chi connectivity index (χ4n) is 1.36. The summed E-state index contributed by atoms with van der Waals surface area (Å²) in [6.07, 6.45) is 2.30. The van der Waals surface area contributed by atoms with Crippen LogP contribution in [0.15, 0.2) is 0 Å². The lowest BCUT2D eigenvalue weighted by Gasteiger charge is -2.30. The first kappa shape index (κ1) is 8.53. The van der Waals surface area contributed by atoms with Gasteiger partial charge in [-0.15, -0.1) is 0 Å². The van der Waals surface area contributed by atoms with Crippen LogP contribution in [-0.2, 0) is 9.53 Å². The number of rotatable bonds is 1. The van der Waals surface area contributed by atoms with Crippen LogP contribution in [0, 0.1) is 6.92 Å². The van der Waals surface area contributed by atoms with Gasteiger partial charge < -0.3 is 9.64 Å². The Morgan fingerprint density at radius 3 is 3.00 bits per heavy atom. The number of likely N-dealkylation sites (tertiary alicyclic amines) is 1. The first-order valence-electron chi connectivity index (χ1n) is 3.87. The Kier molecular flexibility index (Phi) is 2.88. The molecular formula is C8H14NO2. The van der Waals surface area contributed by atoms with E-state index in [1.807, 2.05) is 0 Å². The number of nitrogens with zero attached hydrogens (tertiary/aromatic N) is 1. The van der Waals surface area contributed by atoms with Crippen LogP contribution in [-0.4, -0.2) is 37.1 Å². The van der Waals surface area contributed by atoms with E-state index in [9.17, 15) is 4.79 Å². The third-order valence-corrected chi connectivity index (χ3v) is 2.06. The summed E-state index contributed by atoms with van der Waals surface area (Å²) in [4.78, 5) is 12.6. The van der Waals surface area contributed by atoms with E-state index < -0.39 is 0 Å². The predicted molar refractivity (Wildman–Crippen MR) is 42.0 cm³/mol. The second-order valence-electron chi connectivity index (χ2n) is 2.84. The van der Waals surface area contributed by atoms with E-state index in [1.165, 1.54) is 0 Å². The molecule has 1 atom stereocenters. The molecule has 0 aliphatic carbocycles. The Labute approximate surface area is 67.3 Å². The number of methoxy groups -OCH3 is 1. The lowest BCUT2D eigenvalue weighted by atomic mass is 10.1. The van der Waals surface area contributed by atoms with Crippen LogP contribution < -0.4 is 0 Å². The molecule has 1 amide bonds. The Bertz CT molecular complexity index is 147. The van der Waals surface area contributed by atoms with Crippen LogP contribution in [0.2, 0.25) is 0 Å². The van der Waals surface area contributed by atoms with E-state index in [0.717, 1.165) is 19.4 Å². The predicted octanol–water partition coefficient (Wildman–Crippen LogP) is 0.458. The molecule has 0 aromatic heterocycles. The van der Waals surface area contributed by atoms with Crippen molar-refractivity contribution in [1.82, 2.24) is 4.90 Å². The Morgan fingerprint density at radius 2 is 2.45 bits per heavy atom. The minimum Gasteiger partial charge on any atom is -0.380 e. The van der Waals surface area contributed by atoms with Gasteiger partial charge >= 0.3 is 0 Å². The minimum atomic E-state index is -0.0910.